The van der Waals surface area contributed by atoms with E-state index in [2.05, 4.69) is 11.8 Å². The molecule has 1 fully saturated rings. The van der Waals surface area contributed by atoms with Crippen molar-refractivity contribution in [2.24, 2.45) is 0 Å². The van der Waals surface area contributed by atoms with Gasteiger partial charge in [0.1, 0.15) is 0 Å². The van der Waals surface area contributed by atoms with Crippen LogP contribution in [0.4, 0.5) is 0 Å². The van der Waals surface area contributed by atoms with Crippen LogP contribution in [0.25, 0.3) is 0 Å². The van der Waals surface area contributed by atoms with Crippen molar-refractivity contribution >= 4 is 17.7 Å². The first-order chi connectivity index (χ1) is 10.6. The van der Waals surface area contributed by atoms with Crippen LogP contribution in [-0.4, -0.2) is 71.7 Å². The van der Waals surface area contributed by atoms with Crippen LogP contribution in [0.3, 0.4) is 0 Å². The summed E-state index contributed by atoms with van der Waals surface area (Å²) < 4.78 is 0. The van der Waals surface area contributed by atoms with E-state index in [1.54, 1.807) is 0 Å². The summed E-state index contributed by atoms with van der Waals surface area (Å²) in [6, 6.07) is 0. The van der Waals surface area contributed by atoms with E-state index in [9.17, 15) is 14.4 Å². The fourth-order valence-electron chi connectivity index (χ4n) is 2.80. The highest BCUT2D eigenvalue weighted by Crippen LogP contribution is 2.09. The summed E-state index contributed by atoms with van der Waals surface area (Å²) in [5.41, 5.74) is 0. The molecule has 2 rings (SSSR count). The van der Waals surface area contributed by atoms with Crippen molar-refractivity contribution in [3.63, 3.8) is 0 Å². The molecule has 2 aliphatic heterocycles. The second kappa shape index (κ2) is 8.08. The van der Waals surface area contributed by atoms with Gasteiger partial charge >= 0.3 is 0 Å². The number of rotatable bonds is 7. The van der Waals surface area contributed by atoms with Gasteiger partial charge in [0.25, 0.3) is 11.8 Å². The summed E-state index contributed by atoms with van der Waals surface area (Å²) in [6.45, 7) is 7.08. The predicted octanol–water partition coefficient (Wildman–Crippen LogP) is 0.636. The van der Waals surface area contributed by atoms with Crippen molar-refractivity contribution in [1.29, 1.82) is 0 Å². The Morgan fingerprint density at radius 1 is 1.00 bits per heavy atom. The SMILES string of the molecule is CCCCN1CCN(C(=O)CCCN2C(=O)C=CC2=O)CC1. The summed E-state index contributed by atoms with van der Waals surface area (Å²) >= 11 is 0. The molecule has 0 saturated carbocycles. The highest BCUT2D eigenvalue weighted by molar-refractivity contribution is 6.12. The van der Waals surface area contributed by atoms with Crippen LogP contribution in [0.15, 0.2) is 12.2 Å². The van der Waals surface area contributed by atoms with E-state index in [-0.39, 0.29) is 17.7 Å². The molecule has 6 nitrogen and oxygen atoms in total. The van der Waals surface area contributed by atoms with Crippen molar-refractivity contribution in [2.75, 3.05) is 39.3 Å². The molecule has 0 unspecified atom stereocenters. The van der Waals surface area contributed by atoms with E-state index in [1.165, 1.54) is 29.9 Å². The van der Waals surface area contributed by atoms with Crippen LogP contribution in [0.1, 0.15) is 32.6 Å². The predicted molar refractivity (Wildman–Crippen MR) is 83.0 cm³/mol. The van der Waals surface area contributed by atoms with E-state index < -0.39 is 0 Å². The summed E-state index contributed by atoms with van der Waals surface area (Å²) in [4.78, 5) is 40.5. The topological polar surface area (TPSA) is 60.9 Å². The number of unbranched alkanes of at least 4 members (excludes halogenated alkanes) is 1. The third kappa shape index (κ3) is 4.40. The molecule has 0 radical (unpaired) electrons. The number of hydrogen-bond acceptors (Lipinski definition) is 4. The fraction of sp³-hybridized carbons (Fsp3) is 0.688. The standard InChI is InChI=1S/C16H25N3O3/c1-2-3-8-17-10-12-18(13-11-17)14(20)5-4-9-19-15(21)6-7-16(19)22/h6-7H,2-5,8-13H2,1H3. The Bertz CT molecular complexity index is 436. The Kier molecular flexibility index (Phi) is 6.12. The van der Waals surface area contributed by atoms with Gasteiger partial charge in [0.05, 0.1) is 0 Å². The summed E-state index contributed by atoms with van der Waals surface area (Å²) in [5, 5.41) is 0. The van der Waals surface area contributed by atoms with Crippen molar-refractivity contribution in [2.45, 2.75) is 32.6 Å². The minimum atomic E-state index is -0.276. The van der Waals surface area contributed by atoms with Gasteiger partial charge in [-0.05, 0) is 19.4 Å². The van der Waals surface area contributed by atoms with Crippen LogP contribution in [0, 0.1) is 0 Å². The highest BCUT2D eigenvalue weighted by atomic mass is 16.2. The normalized spacial score (nSPS) is 19.3. The Morgan fingerprint density at radius 3 is 2.23 bits per heavy atom. The van der Waals surface area contributed by atoms with Gasteiger partial charge < -0.3 is 4.90 Å². The van der Waals surface area contributed by atoms with E-state index in [0.29, 0.717) is 19.4 Å². The van der Waals surface area contributed by atoms with Crippen molar-refractivity contribution < 1.29 is 14.4 Å². The number of carbonyl (C=O) groups is 3. The maximum Gasteiger partial charge on any atom is 0.253 e. The molecular weight excluding hydrogens is 282 g/mol. The zero-order valence-corrected chi connectivity index (χ0v) is 13.3. The van der Waals surface area contributed by atoms with Crippen LogP contribution < -0.4 is 0 Å². The van der Waals surface area contributed by atoms with Gasteiger partial charge in [-0.25, -0.2) is 0 Å². The minimum absolute atomic E-state index is 0.127. The second-order valence-corrected chi connectivity index (χ2v) is 5.84. The molecule has 0 aromatic carbocycles. The van der Waals surface area contributed by atoms with Gasteiger partial charge in [0, 0.05) is 51.3 Å². The van der Waals surface area contributed by atoms with Gasteiger partial charge in [0.2, 0.25) is 5.91 Å². The third-order valence-corrected chi connectivity index (χ3v) is 4.23. The molecule has 0 bridgehead atoms. The number of imide groups is 1. The van der Waals surface area contributed by atoms with Crippen molar-refractivity contribution in [3.05, 3.63) is 12.2 Å². The zero-order chi connectivity index (χ0) is 15.9. The number of hydrogen-bond donors (Lipinski definition) is 0. The molecule has 0 aromatic heterocycles. The van der Waals surface area contributed by atoms with E-state index >= 15 is 0 Å². The average Bonchev–Trinajstić information content (AvgIpc) is 2.85. The van der Waals surface area contributed by atoms with Crippen LogP contribution >= 0.6 is 0 Å². The molecule has 2 aliphatic rings. The van der Waals surface area contributed by atoms with Gasteiger partial charge in [-0.15, -0.1) is 0 Å². The molecule has 122 valence electrons. The Hall–Kier alpha value is -1.69. The van der Waals surface area contributed by atoms with Crippen LogP contribution in [-0.2, 0) is 14.4 Å². The molecule has 22 heavy (non-hydrogen) atoms. The lowest BCUT2D eigenvalue weighted by Gasteiger charge is -2.34. The lowest BCUT2D eigenvalue weighted by Crippen LogP contribution is -2.48. The zero-order valence-electron chi connectivity index (χ0n) is 13.3. The second-order valence-electron chi connectivity index (χ2n) is 5.84. The highest BCUT2D eigenvalue weighted by Gasteiger charge is 2.24. The lowest BCUT2D eigenvalue weighted by atomic mass is 10.2. The molecule has 1 saturated heterocycles. The molecule has 0 spiro atoms. The fourth-order valence-corrected chi connectivity index (χ4v) is 2.80. The molecule has 0 N–H and O–H groups in total. The Balaban J connectivity index is 1.64. The van der Waals surface area contributed by atoms with Crippen molar-refractivity contribution in [3.8, 4) is 0 Å². The first-order valence-corrected chi connectivity index (χ1v) is 8.15. The third-order valence-electron chi connectivity index (χ3n) is 4.23. The number of piperazine rings is 1. The molecule has 0 atom stereocenters. The number of carbonyl (C=O) groups excluding carboxylic acids is 3. The summed E-state index contributed by atoms with van der Waals surface area (Å²) in [7, 11) is 0. The van der Waals surface area contributed by atoms with Gasteiger partial charge in [-0.2, -0.15) is 0 Å². The van der Waals surface area contributed by atoms with Crippen molar-refractivity contribution in [1.82, 2.24) is 14.7 Å². The molecule has 0 aliphatic carbocycles. The Morgan fingerprint density at radius 2 is 1.64 bits per heavy atom. The van der Waals surface area contributed by atoms with Crippen LogP contribution in [0.2, 0.25) is 0 Å². The maximum atomic E-state index is 12.2. The Labute approximate surface area is 131 Å². The molecule has 3 amide bonds. The monoisotopic (exact) mass is 307 g/mol. The molecule has 6 heteroatoms. The maximum absolute atomic E-state index is 12.2. The number of nitrogens with zero attached hydrogens (tertiary/aromatic N) is 3. The first-order valence-electron chi connectivity index (χ1n) is 8.15. The van der Waals surface area contributed by atoms with E-state index in [1.807, 2.05) is 4.90 Å². The van der Waals surface area contributed by atoms with E-state index in [4.69, 9.17) is 0 Å². The van der Waals surface area contributed by atoms with Gasteiger partial charge in [0.15, 0.2) is 0 Å². The van der Waals surface area contributed by atoms with Gasteiger partial charge in [-0.3, -0.25) is 24.2 Å². The minimum Gasteiger partial charge on any atom is -0.340 e. The largest absolute Gasteiger partial charge is 0.340 e. The van der Waals surface area contributed by atoms with Gasteiger partial charge in [-0.1, -0.05) is 13.3 Å². The summed E-state index contributed by atoms with van der Waals surface area (Å²) in [6.07, 6.45) is 5.89. The molecule has 2 heterocycles. The molecular formula is C16H25N3O3. The van der Waals surface area contributed by atoms with Crippen LogP contribution in [0.5, 0.6) is 0 Å². The lowest BCUT2D eigenvalue weighted by molar-refractivity contribution is -0.138. The first kappa shape index (κ1) is 16.7. The quantitative estimate of drug-likeness (QED) is 0.648. The number of amides is 3. The smallest absolute Gasteiger partial charge is 0.253 e. The molecule has 0 aromatic rings. The van der Waals surface area contributed by atoms with E-state index in [0.717, 1.165) is 32.7 Å². The summed E-state index contributed by atoms with van der Waals surface area (Å²) in [5.74, 6) is -0.425. The average molecular weight is 307 g/mol.